The molecule has 0 bridgehead atoms. The Hall–Kier alpha value is -0.180. The highest BCUT2D eigenvalue weighted by Crippen LogP contribution is 2.20. The van der Waals surface area contributed by atoms with Gasteiger partial charge in [0, 0.05) is 0 Å². The Bertz CT molecular complexity index is 149. The summed E-state index contributed by atoms with van der Waals surface area (Å²) in [6.45, 7) is 2.21. The normalized spacial score (nSPS) is 22.8. The zero-order valence-electron chi connectivity index (χ0n) is 7.64. The lowest BCUT2D eigenvalue weighted by molar-refractivity contribution is -0.118. The van der Waals surface area contributed by atoms with Crippen LogP contribution in [0, 0.1) is 0 Å². The number of amides is 1. The second-order valence-corrected chi connectivity index (χ2v) is 4.41. The molecular weight excluding hydrogens is 170 g/mol. The summed E-state index contributed by atoms with van der Waals surface area (Å²) in [5.41, 5.74) is 0. The van der Waals surface area contributed by atoms with Crippen molar-refractivity contribution in [2.24, 2.45) is 0 Å². The smallest absolute Gasteiger partial charge is 0.230 e. The Balaban J connectivity index is 1.97. The molecule has 0 radical (unpaired) electrons. The van der Waals surface area contributed by atoms with E-state index in [-0.39, 0.29) is 5.91 Å². The first kappa shape index (κ1) is 9.90. The van der Waals surface area contributed by atoms with Crippen molar-refractivity contribution in [2.75, 3.05) is 5.75 Å². The van der Waals surface area contributed by atoms with Crippen LogP contribution < -0.4 is 5.32 Å². The van der Waals surface area contributed by atoms with Crippen LogP contribution in [0.1, 0.15) is 39.0 Å². The van der Waals surface area contributed by atoms with Gasteiger partial charge < -0.3 is 5.32 Å². The first-order valence-corrected chi connectivity index (χ1v) is 5.78. The Morgan fingerprint density at radius 1 is 1.50 bits per heavy atom. The van der Waals surface area contributed by atoms with Gasteiger partial charge in [0.05, 0.1) is 11.1 Å². The van der Waals surface area contributed by atoms with E-state index in [0.29, 0.717) is 11.1 Å². The van der Waals surface area contributed by atoms with Crippen LogP contribution >= 0.6 is 11.8 Å². The van der Waals surface area contributed by atoms with Crippen molar-refractivity contribution in [2.45, 2.75) is 44.4 Å². The molecule has 1 unspecified atom stereocenters. The second-order valence-electron chi connectivity index (χ2n) is 3.22. The van der Waals surface area contributed by atoms with E-state index in [4.69, 9.17) is 0 Å². The zero-order valence-corrected chi connectivity index (χ0v) is 8.45. The molecule has 0 saturated carbocycles. The van der Waals surface area contributed by atoms with Crippen LogP contribution in [0.5, 0.6) is 0 Å². The lowest BCUT2D eigenvalue weighted by atomic mass is 10.1. The summed E-state index contributed by atoms with van der Waals surface area (Å²) in [7, 11) is 0. The quantitative estimate of drug-likeness (QED) is 0.668. The highest BCUT2D eigenvalue weighted by Gasteiger charge is 2.19. The van der Waals surface area contributed by atoms with Gasteiger partial charge in [0.1, 0.15) is 0 Å². The molecule has 1 aliphatic rings. The molecule has 1 saturated heterocycles. The molecule has 70 valence electrons. The third kappa shape index (κ3) is 3.48. The molecule has 1 amide bonds. The minimum Gasteiger partial charge on any atom is -0.344 e. The fraction of sp³-hybridized carbons (Fsp3) is 0.889. The van der Waals surface area contributed by atoms with Crippen LogP contribution in [-0.4, -0.2) is 17.0 Å². The molecule has 1 fully saturated rings. The number of carbonyl (C=O) groups is 1. The Morgan fingerprint density at radius 2 is 2.33 bits per heavy atom. The molecule has 1 rings (SSSR count). The second kappa shape index (κ2) is 5.46. The Morgan fingerprint density at radius 3 is 2.92 bits per heavy atom. The van der Waals surface area contributed by atoms with E-state index in [1.807, 2.05) is 0 Å². The monoisotopic (exact) mass is 187 g/mol. The molecule has 1 atom stereocenters. The molecule has 1 N–H and O–H groups in total. The van der Waals surface area contributed by atoms with E-state index in [9.17, 15) is 4.79 Å². The van der Waals surface area contributed by atoms with E-state index >= 15 is 0 Å². The molecule has 1 heterocycles. The lowest BCUT2D eigenvalue weighted by Crippen LogP contribution is -2.24. The van der Waals surface area contributed by atoms with Gasteiger partial charge in [0.25, 0.3) is 0 Å². The summed E-state index contributed by atoms with van der Waals surface area (Å²) in [4.78, 5) is 10.8. The van der Waals surface area contributed by atoms with E-state index in [0.717, 1.165) is 6.42 Å². The van der Waals surface area contributed by atoms with E-state index in [1.165, 1.54) is 25.7 Å². The number of unbranched alkanes of at least 4 members (excludes halogenated alkanes) is 3. The molecule has 0 aromatic carbocycles. The van der Waals surface area contributed by atoms with Gasteiger partial charge in [0.15, 0.2) is 0 Å². The van der Waals surface area contributed by atoms with Crippen molar-refractivity contribution in [1.82, 2.24) is 5.32 Å². The van der Waals surface area contributed by atoms with Crippen molar-refractivity contribution < 1.29 is 4.79 Å². The van der Waals surface area contributed by atoms with Gasteiger partial charge in [-0.05, 0) is 6.42 Å². The minimum atomic E-state index is 0.209. The average Bonchev–Trinajstić information content (AvgIpc) is 2.45. The molecule has 2 nitrogen and oxygen atoms in total. The minimum absolute atomic E-state index is 0.209. The maximum atomic E-state index is 10.8. The molecule has 3 heteroatoms. The third-order valence-electron chi connectivity index (χ3n) is 2.06. The standard InChI is InChI=1S/C9H17NOS/c1-2-3-4-5-6-9-10-8(11)7-12-9/h9H,2-7H2,1H3,(H,10,11). The van der Waals surface area contributed by atoms with E-state index in [1.54, 1.807) is 11.8 Å². The number of thioether (sulfide) groups is 1. The topological polar surface area (TPSA) is 29.1 Å². The number of rotatable bonds is 5. The summed E-state index contributed by atoms with van der Waals surface area (Å²) in [5, 5.41) is 3.37. The van der Waals surface area contributed by atoms with E-state index < -0.39 is 0 Å². The van der Waals surface area contributed by atoms with Crippen LogP contribution in [-0.2, 0) is 4.79 Å². The van der Waals surface area contributed by atoms with Crippen molar-refractivity contribution in [1.29, 1.82) is 0 Å². The van der Waals surface area contributed by atoms with Crippen molar-refractivity contribution in [3.63, 3.8) is 0 Å². The van der Waals surface area contributed by atoms with Crippen LogP contribution in [0.15, 0.2) is 0 Å². The Labute approximate surface area is 78.5 Å². The molecule has 0 spiro atoms. The molecular formula is C9H17NOS. The third-order valence-corrected chi connectivity index (χ3v) is 3.24. The molecule has 0 aromatic rings. The van der Waals surface area contributed by atoms with Gasteiger partial charge in [-0.3, -0.25) is 4.79 Å². The number of carbonyl (C=O) groups excluding carboxylic acids is 1. The predicted molar refractivity (Wildman–Crippen MR) is 53.1 cm³/mol. The van der Waals surface area contributed by atoms with Crippen LogP contribution in [0.3, 0.4) is 0 Å². The Kier molecular flexibility index (Phi) is 4.51. The molecule has 12 heavy (non-hydrogen) atoms. The lowest BCUT2D eigenvalue weighted by Gasteiger charge is -2.07. The van der Waals surface area contributed by atoms with Crippen LogP contribution in [0.2, 0.25) is 0 Å². The number of nitrogens with one attached hydrogen (secondary N) is 1. The van der Waals surface area contributed by atoms with Crippen LogP contribution in [0.25, 0.3) is 0 Å². The largest absolute Gasteiger partial charge is 0.344 e. The van der Waals surface area contributed by atoms with Gasteiger partial charge in [0.2, 0.25) is 5.91 Å². The van der Waals surface area contributed by atoms with Gasteiger partial charge in [-0.2, -0.15) is 0 Å². The predicted octanol–water partition coefficient (Wildman–Crippen LogP) is 2.15. The zero-order chi connectivity index (χ0) is 8.81. The summed E-state index contributed by atoms with van der Waals surface area (Å²) in [6.07, 6.45) is 6.32. The van der Waals surface area contributed by atoms with Gasteiger partial charge in [-0.25, -0.2) is 0 Å². The highest BCUT2D eigenvalue weighted by atomic mass is 32.2. The van der Waals surface area contributed by atoms with Crippen molar-refractivity contribution in [3.05, 3.63) is 0 Å². The van der Waals surface area contributed by atoms with Gasteiger partial charge in [-0.1, -0.05) is 32.6 Å². The van der Waals surface area contributed by atoms with Crippen molar-refractivity contribution in [3.8, 4) is 0 Å². The number of hydrogen-bond donors (Lipinski definition) is 1. The maximum absolute atomic E-state index is 10.8. The fourth-order valence-electron chi connectivity index (χ4n) is 1.35. The highest BCUT2D eigenvalue weighted by molar-refractivity contribution is 8.01. The molecule has 0 aromatic heterocycles. The van der Waals surface area contributed by atoms with E-state index in [2.05, 4.69) is 12.2 Å². The first-order chi connectivity index (χ1) is 5.83. The summed E-state index contributed by atoms with van der Waals surface area (Å²) in [5.74, 6) is 0.874. The summed E-state index contributed by atoms with van der Waals surface area (Å²) in [6, 6.07) is 0. The maximum Gasteiger partial charge on any atom is 0.230 e. The summed E-state index contributed by atoms with van der Waals surface area (Å²) < 4.78 is 0. The van der Waals surface area contributed by atoms with Gasteiger partial charge in [-0.15, -0.1) is 11.8 Å². The summed E-state index contributed by atoms with van der Waals surface area (Å²) >= 11 is 1.75. The van der Waals surface area contributed by atoms with Crippen molar-refractivity contribution >= 4 is 17.7 Å². The molecule has 0 aliphatic carbocycles. The number of hydrogen-bond acceptors (Lipinski definition) is 2. The first-order valence-electron chi connectivity index (χ1n) is 4.74. The SMILES string of the molecule is CCCCCCC1NC(=O)CS1. The molecule has 1 aliphatic heterocycles. The van der Waals surface area contributed by atoms with Crippen LogP contribution in [0.4, 0.5) is 0 Å². The fourth-order valence-corrected chi connectivity index (χ4v) is 2.34. The van der Waals surface area contributed by atoms with Gasteiger partial charge >= 0.3 is 0 Å². The average molecular weight is 187 g/mol.